The van der Waals surface area contributed by atoms with Crippen molar-refractivity contribution in [1.82, 2.24) is 29.3 Å². The fraction of sp³-hybridized carbons (Fsp3) is 0.280. The van der Waals surface area contributed by atoms with Gasteiger partial charge in [-0.2, -0.15) is 5.10 Å². The first-order valence-electron chi connectivity index (χ1n) is 11.3. The van der Waals surface area contributed by atoms with Crippen LogP contribution in [0.4, 0.5) is 0 Å². The zero-order chi connectivity index (χ0) is 23.1. The highest BCUT2D eigenvalue weighted by molar-refractivity contribution is 5.66. The van der Waals surface area contributed by atoms with Gasteiger partial charge >= 0.3 is 0 Å². The van der Waals surface area contributed by atoms with Crippen LogP contribution in [0, 0.1) is 6.92 Å². The van der Waals surface area contributed by atoms with Crippen LogP contribution < -0.4 is 14.2 Å². The molecule has 5 heterocycles. The highest BCUT2D eigenvalue weighted by atomic mass is 16.7. The van der Waals surface area contributed by atoms with E-state index in [1.54, 1.807) is 13.4 Å². The molecule has 2 aliphatic heterocycles. The number of pyridine rings is 1. The molecule has 1 aromatic carbocycles. The third-order valence-electron chi connectivity index (χ3n) is 6.14. The highest BCUT2D eigenvalue weighted by Gasteiger charge is 2.30. The Labute approximate surface area is 196 Å². The minimum absolute atomic E-state index is 0.121. The van der Waals surface area contributed by atoms with Gasteiger partial charge in [-0.15, -0.1) is 0 Å². The van der Waals surface area contributed by atoms with Crippen LogP contribution in [-0.4, -0.2) is 43.2 Å². The summed E-state index contributed by atoms with van der Waals surface area (Å²) in [4.78, 5) is 13.8. The van der Waals surface area contributed by atoms with Crippen LogP contribution in [0.1, 0.15) is 47.4 Å². The van der Waals surface area contributed by atoms with E-state index in [1.165, 1.54) is 0 Å². The lowest BCUT2D eigenvalue weighted by atomic mass is 9.90. The summed E-state index contributed by atoms with van der Waals surface area (Å²) < 4.78 is 20.7. The predicted octanol–water partition coefficient (Wildman–Crippen LogP) is 4.00. The number of para-hydroxylation sites is 1. The van der Waals surface area contributed by atoms with Crippen molar-refractivity contribution in [2.24, 2.45) is 0 Å². The monoisotopic (exact) mass is 456 g/mol. The van der Waals surface area contributed by atoms with E-state index in [2.05, 4.69) is 16.0 Å². The minimum atomic E-state index is 0.121. The molecule has 1 atom stereocenters. The Bertz CT molecular complexity index is 1390. The molecule has 2 aliphatic rings. The first-order valence-corrected chi connectivity index (χ1v) is 11.3. The highest BCUT2D eigenvalue weighted by Crippen LogP contribution is 2.43. The Balaban J connectivity index is 1.28. The number of fused-ring (bicyclic) bond motifs is 2. The van der Waals surface area contributed by atoms with Gasteiger partial charge < -0.3 is 18.8 Å². The number of benzene rings is 1. The van der Waals surface area contributed by atoms with E-state index in [0.29, 0.717) is 11.7 Å². The average Bonchev–Trinajstić information content (AvgIpc) is 3.61. The maximum Gasteiger partial charge on any atom is 0.238 e. The van der Waals surface area contributed by atoms with Crippen LogP contribution >= 0.6 is 0 Å². The van der Waals surface area contributed by atoms with Crippen LogP contribution in [-0.2, 0) is 6.54 Å². The molecule has 34 heavy (non-hydrogen) atoms. The van der Waals surface area contributed by atoms with Gasteiger partial charge in [0, 0.05) is 24.2 Å². The first kappa shape index (κ1) is 20.5. The fourth-order valence-corrected chi connectivity index (χ4v) is 4.56. The molecule has 0 N–H and O–H groups in total. The first-order chi connectivity index (χ1) is 16.7. The third kappa shape index (κ3) is 3.59. The van der Waals surface area contributed by atoms with Gasteiger partial charge in [-0.05, 0) is 50.1 Å². The van der Waals surface area contributed by atoms with Crippen molar-refractivity contribution in [3.8, 4) is 23.1 Å². The van der Waals surface area contributed by atoms with Crippen molar-refractivity contribution in [3.63, 3.8) is 0 Å². The number of aromatic nitrogens is 6. The van der Waals surface area contributed by atoms with Gasteiger partial charge in [-0.25, -0.2) is 19.6 Å². The Hall–Kier alpha value is -4.14. The second kappa shape index (κ2) is 8.33. The largest absolute Gasteiger partial charge is 0.479 e. The quantitative estimate of drug-likeness (QED) is 0.448. The molecule has 0 bridgehead atoms. The topological polar surface area (TPSA) is 89.1 Å². The number of imidazole rings is 1. The lowest BCUT2D eigenvalue weighted by molar-refractivity contribution is 0.173. The van der Waals surface area contributed by atoms with Crippen LogP contribution in [0.25, 0.3) is 17.8 Å². The summed E-state index contributed by atoms with van der Waals surface area (Å²) in [6.07, 6.45) is 9.50. The summed E-state index contributed by atoms with van der Waals surface area (Å²) in [5.41, 5.74) is 3.63. The molecule has 0 saturated carbocycles. The van der Waals surface area contributed by atoms with Crippen LogP contribution in [0.15, 0.2) is 42.9 Å². The van der Waals surface area contributed by atoms with E-state index < -0.39 is 0 Å². The fourth-order valence-electron chi connectivity index (χ4n) is 4.56. The number of nitrogens with zero attached hydrogens (tertiary/aromatic N) is 6. The van der Waals surface area contributed by atoms with E-state index in [9.17, 15) is 0 Å². The Morgan fingerprint density at radius 2 is 2.06 bits per heavy atom. The molecule has 3 aromatic heterocycles. The van der Waals surface area contributed by atoms with Crippen LogP contribution in [0.5, 0.6) is 17.4 Å². The Morgan fingerprint density at radius 3 is 2.91 bits per heavy atom. The number of rotatable bonds is 5. The van der Waals surface area contributed by atoms with Crippen molar-refractivity contribution in [1.29, 1.82) is 0 Å². The van der Waals surface area contributed by atoms with Crippen molar-refractivity contribution in [3.05, 3.63) is 71.5 Å². The third-order valence-corrected chi connectivity index (χ3v) is 6.14. The molecular weight excluding hydrogens is 432 g/mol. The predicted molar refractivity (Wildman–Crippen MR) is 125 cm³/mol. The van der Waals surface area contributed by atoms with Gasteiger partial charge in [-0.1, -0.05) is 12.1 Å². The van der Waals surface area contributed by atoms with E-state index in [-0.39, 0.29) is 12.7 Å². The molecule has 4 aromatic rings. The molecule has 9 nitrogen and oxygen atoms in total. The molecule has 0 saturated heterocycles. The van der Waals surface area contributed by atoms with Crippen molar-refractivity contribution >= 4 is 12.2 Å². The van der Waals surface area contributed by atoms with Gasteiger partial charge in [0.25, 0.3) is 0 Å². The smallest absolute Gasteiger partial charge is 0.238 e. The second-order valence-corrected chi connectivity index (χ2v) is 8.35. The van der Waals surface area contributed by atoms with Gasteiger partial charge in [0.05, 0.1) is 24.8 Å². The lowest BCUT2D eigenvalue weighted by Crippen LogP contribution is -2.18. The van der Waals surface area contributed by atoms with E-state index in [4.69, 9.17) is 24.3 Å². The van der Waals surface area contributed by atoms with Gasteiger partial charge in [0.15, 0.2) is 17.3 Å². The Morgan fingerprint density at radius 1 is 1.12 bits per heavy atom. The molecule has 172 valence electrons. The second-order valence-electron chi connectivity index (χ2n) is 8.35. The standard InChI is InChI=1S/C25H24N6O3/c1-16-13-30(14-26-16)20-10-8-17(27-25(20)32-2)9-11-22-28-24-19(6-4-12-31(24)29-22)18-5-3-7-21-23(18)34-15-33-21/h3,5,7-11,13-14,19H,4,6,12,15H2,1-2H3. The number of methoxy groups -OCH3 is 1. The number of hydrogen-bond acceptors (Lipinski definition) is 7. The lowest BCUT2D eigenvalue weighted by Gasteiger charge is -2.23. The van der Waals surface area contributed by atoms with Gasteiger partial charge in [-0.3, -0.25) is 0 Å². The summed E-state index contributed by atoms with van der Waals surface area (Å²) >= 11 is 0. The summed E-state index contributed by atoms with van der Waals surface area (Å²) in [6.45, 7) is 3.06. The van der Waals surface area contributed by atoms with Gasteiger partial charge in [0.1, 0.15) is 11.5 Å². The van der Waals surface area contributed by atoms with Crippen molar-refractivity contribution < 1.29 is 14.2 Å². The number of aryl methyl sites for hydroxylation is 2. The Kier molecular flexibility index (Phi) is 5.01. The molecular formula is C25H24N6O3. The maximum atomic E-state index is 5.76. The van der Waals surface area contributed by atoms with E-state index in [1.807, 2.05) is 58.8 Å². The van der Waals surface area contributed by atoms with Crippen molar-refractivity contribution in [2.75, 3.05) is 13.9 Å². The SMILES string of the molecule is COc1nc(C=Cc2nc3n(n2)CCCC3c2cccc3c2OCO3)ccc1-n1cnc(C)c1. The summed E-state index contributed by atoms with van der Waals surface area (Å²) in [6, 6.07) is 9.94. The van der Waals surface area contributed by atoms with Crippen LogP contribution in [0.3, 0.4) is 0 Å². The summed E-state index contributed by atoms with van der Waals surface area (Å²) in [5.74, 6) is 3.87. The van der Waals surface area contributed by atoms with Crippen molar-refractivity contribution in [2.45, 2.75) is 32.2 Å². The average molecular weight is 457 g/mol. The molecule has 0 amide bonds. The zero-order valence-electron chi connectivity index (χ0n) is 19.0. The minimum Gasteiger partial charge on any atom is -0.479 e. The molecule has 1 unspecified atom stereocenters. The summed E-state index contributed by atoms with van der Waals surface area (Å²) in [7, 11) is 1.61. The number of hydrogen-bond donors (Lipinski definition) is 0. The van der Waals surface area contributed by atoms with Crippen LogP contribution in [0.2, 0.25) is 0 Å². The van der Waals surface area contributed by atoms with E-state index >= 15 is 0 Å². The molecule has 0 fully saturated rings. The normalized spacial score (nSPS) is 16.7. The summed E-state index contributed by atoms with van der Waals surface area (Å²) in [5, 5.41) is 4.72. The molecule has 6 rings (SSSR count). The molecule has 0 spiro atoms. The van der Waals surface area contributed by atoms with E-state index in [0.717, 1.165) is 59.3 Å². The molecule has 0 radical (unpaired) electrons. The maximum absolute atomic E-state index is 5.76. The van der Waals surface area contributed by atoms with Gasteiger partial charge in [0.2, 0.25) is 12.7 Å². The number of ether oxygens (including phenoxy) is 3. The molecule has 9 heteroatoms. The zero-order valence-corrected chi connectivity index (χ0v) is 19.0. The molecule has 0 aliphatic carbocycles.